The summed E-state index contributed by atoms with van der Waals surface area (Å²) in [4.78, 5) is 42.0. The summed E-state index contributed by atoms with van der Waals surface area (Å²) in [7, 11) is 0. The lowest BCUT2D eigenvalue weighted by Gasteiger charge is -2.22. The molecule has 1 aliphatic heterocycles. The van der Waals surface area contributed by atoms with Gasteiger partial charge in [-0.05, 0) is 55.3 Å². The van der Waals surface area contributed by atoms with Crippen LogP contribution < -0.4 is 15.0 Å². The molecular weight excluding hydrogens is 402 g/mol. The van der Waals surface area contributed by atoms with E-state index < -0.39 is 24.0 Å². The maximum atomic E-state index is 12.4. The second-order valence-electron chi connectivity index (χ2n) is 6.95. The summed E-state index contributed by atoms with van der Waals surface area (Å²) >= 11 is 0. The van der Waals surface area contributed by atoms with Gasteiger partial charge in [0, 0.05) is 31.0 Å². The molecule has 9 nitrogen and oxygen atoms in total. The number of esters is 1. The van der Waals surface area contributed by atoms with Crippen molar-refractivity contribution in [1.82, 2.24) is 10.3 Å². The molecular formula is C22H25N3O6. The zero-order chi connectivity index (χ0) is 22.2. The van der Waals surface area contributed by atoms with Gasteiger partial charge in [-0.2, -0.15) is 0 Å². The van der Waals surface area contributed by atoms with Crippen LogP contribution in [0.3, 0.4) is 0 Å². The predicted molar refractivity (Wildman–Crippen MR) is 111 cm³/mol. The molecule has 164 valence electrons. The third kappa shape index (κ3) is 5.79. The number of benzene rings is 1. The fraction of sp³-hybridized carbons (Fsp3) is 0.364. The molecule has 2 heterocycles. The molecule has 1 aliphatic rings. The Kier molecular flexibility index (Phi) is 7.55. The van der Waals surface area contributed by atoms with Crippen LogP contribution in [0.4, 0.5) is 5.69 Å². The second kappa shape index (κ2) is 10.5. The van der Waals surface area contributed by atoms with Gasteiger partial charge in [0.15, 0.2) is 12.6 Å². The monoisotopic (exact) mass is 427 g/mol. The molecule has 2 N–H and O–H groups in total. The summed E-state index contributed by atoms with van der Waals surface area (Å²) < 4.78 is 10.5. The van der Waals surface area contributed by atoms with Crippen molar-refractivity contribution in [2.24, 2.45) is 0 Å². The number of aliphatic hydroxyl groups excluding tert-OH is 1. The van der Waals surface area contributed by atoms with Gasteiger partial charge in [0.1, 0.15) is 11.9 Å². The molecule has 2 unspecified atom stereocenters. The summed E-state index contributed by atoms with van der Waals surface area (Å²) in [6.45, 7) is 2.08. The number of hydrogen-bond acceptors (Lipinski definition) is 7. The summed E-state index contributed by atoms with van der Waals surface area (Å²) in [6, 6.07) is 8.65. The molecule has 0 aliphatic carbocycles. The molecule has 0 saturated carbocycles. The van der Waals surface area contributed by atoms with E-state index in [4.69, 9.17) is 9.47 Å². The van der Waals surface area contributed by atoms with Gasteiger partial charge in [-0.15, -0.1) is 0 Å². The van der Waals surface area contributed by atoms with Crippen molar-refractivity contribution in [2.45, 2.75) is 31.9 Å². The van der Waals surface area contributed by atoms with Crippen LogP contribution in [0.15, 0.2) is 48.8 Å². The fourth-order valence-corrected chi connectivity index (χ4v) is 3.26. The number of amides is 2. The SMILES string of the molecule is CCOC(=O)C(NC(=O)COc1ccc(N2CCCC2=O)cc1)C(O)c1ccncc1. The highest BCUT2D eigenvalue weighted by molar-refractivity contribution is 5.95. The first kappa shape index (κ1) is 22.2. The fourth-order valence-electron chi connectivity index (χ4n) is 3.26. The lowest BCUT2D eigenvalue weighted by Crippen LogP contribution is -2.47. The summed E-state index contributed by atoms with van der Waals surface area (Å²) in [6.07, 6.45) is 3.04. The van der Waals surface area contributed by atoms with Gasteiger partial charge in [0.2, 0.25) is 5.91 Å². The molecule has 1 aromatic heterocycles. The van der Waals surface area contributed by atoms with Crippen molar-refractivity contribution < 1.29 is 29.0 Å². The maximum Gasteiger partial charge on any atom is 0.331 e. The zero-order valence-electron chi connectivity index (χ0n) is 17.2. The maximum absolute atomic E-state index is 12.4. The van der Waals surface area contributed by atoms with Gasteiger partial charge in [-0.1, -0.05) is 0 Å². The third-order valence-electron chi connectivity index (χ3n) is 4.81. The molecule has 2 atom stereocenters. The van der Waals surface area contributed by atoms with Crippen molar-refractivity contribution >= 4 is 23.5 Å². The lowest BCUT2D eigenvalue weighted by molar-refractivity contribution is -0.151. The molecule has 31 heavy (non-hydrogen) atoms. The number of carbonyl (C=O) groups is 3. The van der Waals surface area contributed by atoms with E-state index in [0.717, 1.165) is 12.1 Å². The van der Waals surface area contributed by atoms with E-state index in [9.17, 15) is 19.5 Å². The van der Waals surface area contributed by atoms with Crippen LogP contribution in [-0.4, -0.2) is 53.7 Å². The molecule has 0 bridgehead atoms. The quantitative estimate of drug-likeness (QED) is 0.580. The van der Waals surface area contributed by atoms with E-state index in [-0.39, 0.29) is 19.1 Å². The summed E-state index contributed by atoms with van der Waals surface area (Å²) in [5.74, 6) is -0.816. The van der Waals surface area contributed by atoms with Crippen molar-refractivity contribution in [3.63, 3.8) is 0 Å². The van der Waals surface area contributed by atoms with Gasteiger partial charge >= 0.3 is 5.97 Å². The average molecular weight is 427 g/mol. The molecule has 1 aromatic carbocycles. The van der Waals surface area contributed by atoms with Crippen LogP contribution in [0.5, 0.6) is 5.75 Å². The normalized spacial score (nSPS) is 15.3. The molecule has 1 fully saturated rings. The van der Waals surface area contributed by atoms with E-state index >= 15 is 0 Å². The minimum Gasteiger partial charge on any atom is -0.484 e. The first-order valence-electron chi connectivity index (χ1n) is 10.1. The van der Waals surface area contributed by atoms with Crippen LogP contribution in [0, 0.1) is 0 Å². The van der Waals surface area contributed by atoms with Crippen LogP contribution >= 0.6 is 0 Å². The van der Waals surface area contributed by atoms with Gasteiger partial charge in [0.05, 0.1) is 6.61 Å². The zero-order valence-corrected chi connectivity index (χ0v) is 17.2. The molecule has 9 heteroatoms. The average Bonchev–Trinajstić information content (AvgIpc) is 3.22. The van der Waals surface area contributed by atoms with Crippen LogP contribution in [0.25, 0.3) is 0 Å². The highest BCUT2D eigenvalue weighted by Crippen LogP contribution is 2.24. The first-order chi connectivity index (χ1) is 15.0. The third-order valence-corrected chi connectivity index (χ3v) is 4.81. The second-order valence-corrected chi connectivity index (χ2v) is 6.95. The van der Waals surface area contributed by atoms with Crippen LogP contribution in [0.1, 0.15) is 31.4 Å². The minimum atomic E-state index is -1.30. The van der Waals surface area contributed by atoms with E-state index in [2.05, 4.69) is 10.3 Å². The van der Waals surface area contributed by atoms with Gasteiger partial charge in [-0.3, -0.25) is 14.6 Å². The molecule has 0 radical (unpaired) electrons. The molecule has 1 saturated heterocycles. The van der Waals surface area contributed by atoms with E-state index in [0.29, 0.717) is 24.3 Å². The standard InChI is InChI=1S/C22H25N3O6/c1-2-30-22(29)20(21(28)15-9-11-23-12-10-15)24-18(26)14-31-17-7-5-16(6-8-17)25-13-3-4-19(25)27/h5-12,20-21,28H,2-4,13-14H2,1H3,(H,24,26). The summed E-state index contributed by atoms with van der Waals surface area (Å²) in [5, 5.41) is 13.0. The van der Waals surface area contributed by atoms with Gasteiger partial charge in [-0.25, -0.2) is 4.79 Å². The Morgan fingerprint density at radius 1 is 1.19 bits per heavy atom. The Bertz CT molecular complexity index is 903. The number of nitrogens with zero attached hydrogens (tertiary/aromatic N) is 2. The number of aliphatic hydroxyl groups is 1. The van der Waals surface area contributed by atoms with Crippen molar-refractivity contribution in [3.05, 3.63) is 54.4 Å². The Morgan fingerprint density at radius 2 is 1.90 bits per heavy atom. The minimum absolute atomic E-state index is 0.0887. The number of aromatic nitrogens is 1. The number of hydrogen-bond donors (Lipinski definition) is 2. The number of anilines is 1. The molecule has 2 amide bonds. The molecule has 3 rings (SSSR count). The van der Waals surface area contributed by atoms with Crippen molar-refractivity contribution in [2.75, 3.05) is 24.7 Å². The highest BCUT2D eigenvalue weighted by atomic mass is 16.5. The van der Waals surface area contributed by atoms with Crippen molar-refractivity contribution in [3.8, 4) is 5.75 Å². The lowest BCUT2D eigenvalue weighted by atomic mass is 10.0. The van der Waals surface area contributed by atoms with E-state index in [1.807, 2.05) is 0 Å². The predicted octanol–water partition coefficient (Wildman–Crippen LogP) is 1.37. The Labute approximate surface area is 180 Å². The van der Waals surface area contributed by atoms with Crippen molar-refractivity contribution in [1.29, 1.82) is 0 Å². The van der Waals surface area contributed by atoms with Crippen LogP contribution in [0.2, 0.25) is 0 Å². The van der Waals surface area contributed by atoms with Gasteiger partial charge in [0.25, 0.3) is 5.91 Å². The number of pyridine rings is 1. The molecule has 2 aromatic rings. The number of ether oxygens (including phenoxy) is 2. The summed E-state index contributed by atoms with van der Waals surface area (Å²) in [5.41, 5.74) is 1.20. The topological polar surface area (TPSA) is 118 Å². The molecule has 0 spiro atoms. The Balaban J connectivity index is 1.59. The Hall–Kier alpha value is -3.46. The van der Waals surface area contributed by atoms with Crippen LogP contribution in [-0.2, 0) is 19.1 Å². The number of nitrogens with one attached hydrogen (secondary N) is 1. The van der Waals surface area contributed by atoms with E-state index in [1.165, 1.54) is 12.4 Å². The first-order valence-corrected chi connectivity index (χ1v) is 10.1. The number of rotatable bonds is 9. The smallest absolute Gasteiger partial charge is 0.331 e. The number of carbonyl (C=O) groups excluding carboxylic acids is 3. The largest absolute Gasteiger partial charge is 0.484 e. The van der Waals surface area contributed by atoms with Gasteiger partial charge < -0.3 is 24.8 Å². The highest BCUT2D eigenvalue weighted by Gasteiger charge is 2.31. The van der Waals surface area contributed by atoms with E-state index in [1.54, 1.807) is 48.2 Å². The Morgan fingerprint density at radius 3 is 2.52 bits per heavy atom.